The summed E-state index contributed by atoms with van der Waals surface area (Å²) in [5.41, 5.74) is 2.29. The van der Waals surface area contributed by atoms with Crippen LogP contribution in [-0.4, -0.2) is 25.4 Å². The third kappa shape index (κ3) is 4.35. The van der Waals surface area contributed by atoms with E-state index in [1.165, 1.54) is 35.6 Å². The Labute approximate surface area is 162 Å². The molecule has 0 spiro atoms. The third-order valence-electron chi connectivity index (χ3n) is 4.24. The number of benzene rings is 2. The van der Waals surface area contributed by atoms with Gasteiger partial charge in [-0.3, -0.25) is 10.1 Å². The van der Waals surface area contributed by atoms with E-state index in [1.54, 1.807) is 6.92 Å². The molecule has 6 nitrogen and oxygen atoms in total. The molecule has 0 saturated carbocycles. The number of carbonyl (C=O) groups is 1. The first kappa shape index (κ1) is 19.5. The molecule has 0 aliphatic heterocycles. The number of anilines is 1. The molecule has 0 aliphatic rings. The van der Waals surface area contributed by atoms with Gasteiger partial charge in [-0.25, -0.2) is 18.1 Å². The maximum atomic E-state index is 12.5. The number of sulfonamides is 1. The van der Waals surface area contributed by atoms with Crippen molar-refractivity contribution in [3.8, 4) is 0 Å². The maximum absolute atomic E-state index is 12.5. The Morgan fingerprint density at radius 1 is 1.19 bits per heavy atom. The summed E-state index contributed by atoms with van der Waals surface area (Å²) in [6.45, 7) is 5.68. The van der Waals surface area contributed by atoms with Gasteiger partial charge in [-0.1, -0.05) is 30.4 Å². The van der Waals surface area contributed by atoms with Crippen LogP contribution >= 0.6 is 11.3 Å². The molecule has 1 aromatic heterocycles. The Bertz CT molecular complexity index is 1070. The van der Waals surface area contributed by atoms with E-state index in [9.17, 15) is 13.2 Å². The minimum absolute atomic E-state index is 0.134. The molecular weight excluding hydrogens is 382 g/mol. The van der Waals surface area contributed by atoms with Gasteiger partial charge in [-0.15, -0.1) is 0 Å². The van der Waals surface area contributed by atoms with E-state index in [4.69, 9.17) is 0 Å². The number of nitrogens with one attached hydrogen (secondary N) is 2. The number of thiazole rings is 1. The topological polar surface area (TPSA) is 88.2 Å². The summed E-state index contributed by atoms with van der Waals surface area (Å²) in [7, 11) is -3.59. The van der Waals surface area contributed by atoms with Crippen molar-refractivity contribution in [2.75, 3.05) is 5.32 Å². The summed E-state index contributed by atoms with van der Waals surface area (Å²) in [5, 5.41) is 3.29. The monoisotopic (exact) mass is 403 g/mol. The predicted octanol–water partition coefficient (Wildman–Crippen LogP) is 3.93. The van der Waals surface area contributed by atoms with Gasteiger partial charge >= 0.3 is 0 Å². The lowest BCUT2D eigenvalue weighted by Crippen LogP contribution is -2.32. The number of hydrogen-bond donors (Lipinski definition) is 2. The van der Waals surface area contributed by atoms with Crippen molar-refractivity contribution in [1.82, 2.24) is 9.71 Å². The zero-order valence-corrected chi connectivity index (χ0v) is 16.9. The lowest BCUT2D eigenvalue weighted by molar-refractivity contribution is 0.102. The van der Waals surface area contributed by atoms with E-state index in [-0.39, 0.29) is 16.8 Å². The zero-order valence-electron chi connectivity index (χ0n) is 15.3. The molecule has 0 aliphatic carbocycles. The number of carbonyl (C=O) groups excluding carboxylic acids is 1. The first-order valence-electron chi connectivity index (χ1n) is 8.60. The SMILES string of the molecule is CCC(C)NS(=O)(=O)c1ccc(C(=O)Nc2nc3c(C)cccc3s2)cc1. The number of nitrogens with zero attached hydrogens (tertiary/aromatic N) is 1. The smallest absolute Gasteiger partial charge is 0.257 e. The first-order valence-corrected chi connectivity index (χ1v) is 10.9. The highest BCUT2D eigenvalue weighted by Crippen LogP contribution is 2.28. The summed E-state index contributed by atoms with van der Waals surface area (Å²) in [6.07, 6.45) is 0.696. The second kappa shape index (κ2) is 7.75. The molecule has 0 fully saturated rings. The van der Waals surface area contributed by atoms with Crippen molar-refractivity contribution < 1.29 is 13.2 Å². The van der Waals surface area contributed by atoms with Gasteiger partial charge in [0.2, 0.25) is 10.0 Å². The molecule has 27 heavy (non-hydrogen) atoms. The van der Waals surface area contributed by atoms with Crippen LogP contribution in [0.15, 0.2) is 47.4 Å². The van der Waals surface area contributed by atoms with Crippen LogP contribution in [0.4, 0.5) is 5.13 Å². The molecule has 1 amide bonds. The largest absolute Gasteiger partial charge is 0.298 e. The normalized spacial score (nSPS) is 12.9. The Balaban J connectivity index is 1.76. The lowest BCUT2D eigenvalue weighted by atomic mass is 10.2. The van der Waals surface area contributed by atoms with Crippen LogP contribution in [0.5, 0.6) is 0 Å². The molecule has 3 rings (SSSR count). The molecule has 1 unspecified atom stereocenters. The van der Waals surface area contributed by atoms with Crippen molar-refractivity contribution in [2.45, 2.75) is 38.1 Å². The number of aromatic nitrogens is 1. The van der Waals surface area contributed by atoms with Crippen LogP contribution < -0.4 is 10.0 Å². The van der Waals surface area contributed by atoms with Gasteiger partial charge in [-0.05, 0) is 56.2 Å². The quantitative estimate of drug-likeness (QED) is 0.653. The van der Waals surface area contributed by atoms with Gasteiger partial charge < -0.3 is 0 Å². The number of rotatable bonds is 6. The molecule has 0 saturated heterocycles. The van der Waals surface area contributed by atoms with Gasteiger partial charge in [0.25, 0.3) is 5.91 Å². The summed E-state index contributed by atoms with van der Waals surface area (Å²) < 4.78 is 28.2. The highest BCUT2D eigenvalue weighted by Gasteiger charge is 2.17. The first-order chi connectivity index (χ1) is 12.8. The Morgan fingerprint density at radius 2 is 1.89 bits per heavy atom. The number of amides is 1. The van der Waals surface area contributed by atoms with Crippen LogP contribution in [0, 0.1) is 6.92 Å². The van der Waals surface area contributed by atoms with Crippen LogP contribution in [0.3, 0.4) is 0 Å². The van der Waals surface area contributed by atoms with Gasteiger partial charge in [0.15, 0.2) is 5.13 Å². The molecule has 3 aromatic rings. The summed E-state index contributed by atoms with van der Waals surface area (Å²) in [5.74, 6) is -0.328. The Hall–Kier alpha value is -2.29. The van der Waals surface area contributed by atoms with E-state index in [0.29, 0.717) is 17.1 Å². The average molecular weight is 404 g/mol. The van der Waals surface area contributed by atoms with E-state index in [2.05, 4.69) is 15.0 Å². The van der Waals surface area contributed by atoms with Crippen molar-refractivity contribution in [2.24, 2.45) is 0 Å². The van der Waals surface area contributed by atoms with E-state index >= 15 is 0 Å². The minimum atomic E-state index is -3.59. The fourth-order valence-electron chi connectivity index (χ4n) is 2.51. The van der Waals surface area contributed by atoms with Gasteiger partial charge in [0.05, 0.1) is 15.1 Å². The van der Waals surface area contributed by atoms with Gasteiger partial charge in [-0.2, -0.15) is 0 Å². The fourth-order valence-corrected chi connectivity index (χ4v) is 4.78. The van der Waals surface area contributed by atoms with Crippen molar-refractivity contribution in [3.63, 3.8) is 0 Å². The second-order valence-electron chi connectivity index (χ2n) is 6.35. The molecule has 1 heterocycles. The molecule has 1 atom stereocenters. The number of fused-ring (bicyclic) bond motifs is 1. The lowest BCUT2D eigenvalue weighted by Gasteiger charge is -2.12. The molecule has 2 aromatic carbocycles. The van der Waals surface area contributed by atoms with Crippen molar-refractivity contribution >= 4 is 42.6 Å². The summed E-state index contributed by atoms with van der Waals surface area (Å²) in [4.78, 5) is 17.0. The van der Waals surface area contributed by atoms with E-state index < -0.39 is 10.0 Å². The predicted molar refractivity (Wildman–Crippen MR) is 109 cm³/mol. The zero-order chi connectivity index (χ0) is 19.6. The molecule has 0 bridgehead atoms. The number of hydrogen-bond acceptors (Lipinski definition) is 5. The van der Waals surface area contributed by atoms with Crippen molar-refractivity contribution in [3.05, 3.63) is 53.6 Å². The molecule has 0 radical (unpaired) electrons. The average Bonchev–Trinajstić information content (AvgIpc) is 3.05. The van der Waals surface area contributed by atoms with Crippen LogP contribution in [0.1, 0.15) is 36.2 Å². The molecule has 142 valence electrons. The molecule has 2 N–H and O–H groups in total. The van der Waals surface area contributed by atoms with Crippen molar-refractivity contribution in [1.29, 1.82) is 0 Å². The van der Waals surface area contributed by atoms with Gasteiger partial charge in [0, 0.05) is 11.6 Å². The van der Waals surface area contributed by atoms with Gasteiger partial charge in [0.1, 0.15) is 0 Å². The minimum Gasteiger partial charge on any atom is -0.298 e. The van der Waals surface area contributed by atoms with Crippen LogP contribution in [0.2, 0.25) is 0 Å². The second-order valence-corrected chi connectivity index (χ2v) is 9.09. The van der Waals surface area contributed by atoms with Crippen LogP contribution in [0.25, 0.3) is 10.2 Å². The standard InChI is InChI=1S/C19H21N3O3S2/c1-4-13(3)22-27(24,25)15-10-8-14(9-11-15)18(23)21-19-20-17-12(2)6-5-7-16(17)26-19/h5-11,13,22H,4H2,1-3H3,(H,20,21,23). The fraction of sp³-hybridized carbons (Fsp3) is 0.263. The Kier molecular flexibility index (Phi) is 5.59. The maximum Gasteiger partial charge on any atom is 0.257 e. The highest BCUT2D eigenvalue weighted by atomic mass is 32.2. The number of para-hydroxylation sites is 1. The Morgan fingerprint density at radius 3 is 2.52 bits per heavy atom. The highest BCUT2D eigenvalue weighted by molar-refractivity contribution is 7.89. The summed E-state index contributed by atoms with van der Waals surface area (Å²) >= 11 is 1.40. The van der Waals surface area contributed by atoms with E-state index in [1.807, 2.05) is 32.0 Å². The molecular formula is C19H21N3O3S2. The third-order valence-corrected chi connectivity index (χ3v) is 6.78. The molecule has 8 heteroatoms. The van der Waals surface area contributed by atoms with E-state index in [0.717, 1.165) is 15.8 Å². The number of aryl methyl sites for hydroxylation is 1. The van der Waals surface area contributed by atoms with Crippen LogP contribution in [-0.2, 0) is 10.0 Å². The summed E-state index contributed by atoms with van der Waals surface area (Å²) in [6, 6.07) is 11.6.